The van der Waals surface area contributed by atoms with Gasteiger partial charge in [-0.1, -0.05) is 19.8 Å². The van der Waals surface area contributed by atoms with Crippen LogP contribution in [0.2, 0.25) is 0 Å². The Balaban J connectivity index is 2.11. The Morgan fingerprint density at radius 2 is 2.43 bits per heavy atom. The highest BCUT2D eigenvalue weighted by Crippen LogP contribution is 1.94. The standard InChI is InChI=1S/C10H17N3O/c1-2-3-4-6-11-10(14)8-9-5-7-12-13-9/h5,7H,2-4,6,8H2,1H3,(H,11,14)(H,12,13). The van der Waals surface area contributed by atoms with E-state index in [-0.39, 0.29) is 5.91 Å². The summed E-state index contributed by atoms with van der Waals surface area (Å²) in [7, 11) is 0. The zero-order valence-electron chi connectivity index (χ0n) is 8.55. The number of nitrogens with one attached hydrogen (secondary N) is 2. The number of hydrogen-bond donors (Lipinski definition) is 2. The van der Waals surface area contributed by atoms with Crippen LogP contribution in [0.1, 0.15) is 31.9 Å². The van der Waals surface area contributed by atoms with Crippen LogP contribution in [0, 0.1) is 0 Å². The molecule has 1 aromatic heterocycles. The Kier molecular flexibility index (Phi) is 4.75. The molecule has 0 saturated heterocycles. The zero-order chi connectivity index (χ0) is 10.2. The minimum absolute atomic E-state index is 0.0605. The van der Waals surface area contributed by atoms with Crippen LogP contribution in [0.4, 0.5) is 0 Å². The van der Waals surface area contributed by atoms with Crippen molar-refractivity contribution in [2.45, 2.75) is 32.6 Å². The van der Waals surface area contributed by atoms with E-state index in [0.29, 0.717) is 6.42 Å². The van der Waals surface area contributed by atoms with Crippen molar-refractivity contribution in [3.05, 3.63) is 18.0 Å². The molecule has 0 spiro atoms. The molecule has 0 radical (unpaired) electrons. The van der Waals surface area contributed by atoms with Crippen LogP contribution in [0.3, 0.4) is 0 Å². The van der Waals surface area contributed by atoms with E-state index < -0.39 is 0 Å². The molecular formula is C10H17N3O. The monoisotopic (exact) mass is 195 g/mol. The van der Waals surface area contributed by atoms with Crippen LogP contribution in [-0.2, 0) is 11.2 Å². The van der Waals surface area contributed by atoms with E-state index in [0.717, 1.165) is 18.7 Å². The topological polar surface area (TPSA) is 57.8 Å². The molecule has 0 aliphatic rings. The van der Waals surface area contributed by atoms with Crippen molar-refractivity contribution in [1.29, 1.82) is 0 Å². The van der Waals surface area contributed by atoms with Gasteiger partial charge in [-0.2, -0.15) is 5.10 Å². The molecule has 0 aliphatic heterocycles. The summed E-state index contributed by atoms with van der Waals surface area (Å²) in [5.41, 5.74) is 0.859. The number of hydrogen-bond acceptors (Lipinski definition) is 2. The molecule has 1 aromatic rings. The maximum atomic E-state index is 11.3. The lowest BCUT2D eigenvalue weighted by Crippen LogP contribution is -2.26. The Morgan fingerprint density at radius 3 is 3.07 bits per heavy atom. The number of aromatic amines is 1. The third-order valence-corrected chi connectivity index (χ3v) is 2.01. The molecule has 0 bridgehead atoms. The molecule has 0 aliphatic carbocycles. The van der Waals surface area contributed by atoms with Crippen LogP contribution in [-0.4, -0.2) is 22.6 Å². The van der Waals surface area contributed by atoms with Gasteiger partial charge in [-0.15, -0.1) is 0 Å². The number of aromatic nitrogens is 2. The van der Waals surface area contributed by atoms with Gasteiger partial charge in [0.2, 0.25) is 5.91 Å². The third kappa shape index (κ3) is 4.07. The average molecular weight is 195 g/mol. The number of unbranched alkanes of at least 4 members (excludes halogenated alkanes) is 2. The molecule has 1 amide bonds. The molecule has 78 valence electrons. The van der Waals surface area contributed by atoms with Gasteiger partial charge >= 0.3 is 0 Å². The second-order valence-electron chi connectivity index (χ2n) is 3.32. The molecule has 2 N–H and O–H groups in total. The molecule has 4 heteroatoms. The quantitative estimate of drug-likeness (QED) is 0.671. The minimum Gasteiger partial charge on any atom is -0.356 e. The average Bonchev–Trinajstić information content (AvgIpc) is 2.65. The van der Waals surface area contributed by atoms with E-state index in [4.69, 9.17) is 0 Å². The number of amides is 1. The van der Waals surface area contributed by atoms with Crippen LogP contribution in [0.5, 0.6) is 0 Å². The van der Waals surface area contributed by atoms with Crippen molar-refractivity contribution in [1.82, 2.24) is 15.5 Å². The molecule has 0 aromatic carbocycles. The van der Waals surface area contributed by atoms with E-state index >= 15 is 0 Å². The van der Waals surface area contributed by atoms with Crippen LogP contribution in [0.15, 0.2) is 12.3 Å². The van der Waals surface area contributed by atoms with Crippen molar-refractivity contribution < 1.29 is 4.79 Å². The molecule has 0 atom stereocenters. The Morgan fingerprint density at radius 1 is 1.57 bits per heavy atom. The van der Waals surface area contributed by atoms with Gasteiger partial charge in [0.05, 0.1) is 6.42 Å². The lowest BCUT2D eigenvalue weighted by atomic mass is 10.2. The maximum Gasteiger partial charge on any atom is 0.225 e. The Hall–Kier alpha value is -1.32. The molecule has 1 rings (SSSR count). The molecule has 0 unspecified atom stereocenters. The fourth-order valence-corrected chi connectivity index (χ4v) is 1.22. The van der Waals surface area contributed by atoms with Gasteiger partial charge in [0.1, 0.15) is 0 Å². The van der Waals surface area contributed by atoms with Crippen molar-refractivity contribution in [2.75, 3.05) is 6.54 Å². The largest absolute Gasteiger partial charge is 0.356 e. The predicted octanol–water partition coefficient (Wildman–Crippen LogP) is 1.26. The van der Waals surface area contributed by atoms with Gasteiger partial charge in [-0.05, 0) is 12.5 Å². The molecule has 0 fully saturated rings. The zero-order valence-corrected chi connectivity index (χ0v) is 8.55. The normalized spacial score (nSPS) is 10.1. The smallest absolute Gasteiger partial charge is 0.225 e. The predicted molar refractivity (Wildman–Crippen MR) is 54.8 cm³/mol. The highest BCUT2D eigenvalue weighted by Gasteiger charge is 2.02. The van der Waals surface area contributed by atoms with E-state index in [1.54, 1.807) is 6.20 Å². The SMILES string of the molecule is CCCCCNC(=O)Cc1ccn[nH]1. The van der Waals surface area contributed by atoms with Crippen molar-refractivity contribution in [2.24, 2.45) is 0 Å². The summed E-state index contributed by atoms with van der Waals surface area (Å²) in [5.74, 6) is 0.0605. The lowest BCUT2D eigenvalue weighted by Gasteiger charge is -2.02. The number of carbonyl (C=O) groups is 1. The molecule has 1 heterocycles. The first-order valence-corrected chi connectivity index (χ1v) is 5.08. The lowest BCUT2D eigenvalue weighted by molar-refractivity contribution is -0.120. The summed E-state index contributed by atoms with van der Waals surface area (Å²) >= 11 is 0. The first kappa shape index (κ1) is 10.8. The first-order chi connectivity index (χ1) is 6.83. The summed E-state index contributed by atoms with van der Waals surface area (Å²) in [6, 6.07) is 1.81. The van der Waals surface area contributed by atoms with E-state index in [9.17, 15) is 4.79 Å². The Bertz CT molecular complexity index is 256. The van der Waals surface area contributed by atoms with Crippen LogP contribution >= 0.6 is 0 Å². The van der Waals surface area contributed by atoms with Crippen molar-refractivity contribution >= 4 is 5.91 Å². The summed E-state index contributed by atoms with van der Waals surface area (Å²) < 4.78 is 0. The number of nitrogens with zero attached hydrogens (tertiary/aromatic N) is 1. The van der Waals surface area contributed by atoms with E-state index in [1.165, 1.54) is 12.8 Å². The van der Waals surface area contributed by atoms with E-state index in [1.807, 2.05) is 6.07 Å². The highest BCUT2D eigenvalue weighted by molar-refractivity contribution is 5.77. The molecular weight excluding hydrogens is 178 g/mol. The fourth-order valence-electron chi connectivity index (χ4n) is 1.22. The van der Waals surface area contributed by atoms with Crippen molar-refractivity contribution in [3.63, 3.8) is 0 Å². The third-order valence-electron chi connectivity index (χ3n) is 2.01. The van der Waals surface area contributed by atoms with E-state index in [2.05, 4.69) is 22.4 Å². The maximum absolute atomic E-state index is 11.3. The van der Waals surface area contributed by atoms with Crippen LogP contribution < -0.4 is 5.32 Å². The minimum atomic E-state index is 0.0605. The first-order valence-electron chi connectivity index (χ1n) is 5.08. The number of carbonyl (C=O) groups excluding carboxylic acids is 1. The summed E-state index contributed by atoms with van der Waals surface area (Å²) in [5, 5.41) is 9.41. The summed E-state index contributed by atoms with van der Waals surface area (Å²) in [4.78, 5) is 11.3. The van der Waals surface area contributed by atoms with Gasteiger partial charge in [0.25, 0.3) is 0 Å². The van der Waals surface area contributed by atoms with Gasteiger partial charge < -0.3 is 5.32 Å². The van der Waals surface area contributed by atoms with Gasteiger partial charge in [-0.25, -0.2) is 0 Å². The molecule has 0 saturated carbocycles. The summed E-state index contributed by atoms with van der Waals surface area (Å²) in [6.45, 7) is 2.92. The fraction of sp³-hybridized carbons (Fsp3) is 0.600. The van der Waals surface area contributed by atoms with Crippen molar-refractivity contribution in [3.8, 4) is 0 Å². The van der Waals surface area contributed by atoms with Gasteiger partial charge in [-0.3, -0.25) is 9.89 Å². The summed E-state index contributed by atoms with van der Waals surface area (Å²) in [6.07, 6.45) is 5.46. The van der Waals surface area contributed by atoms with Crippen LogP contribution in [0.25, 0.3) is 0 Å². The molecule has 14 heavy (non-hydrogen) atoms. The second-order valence-corrected chi connectivity index (χ2v) is 3.32. The van der Waals surface area contributed by atoms with Gasteiger partial charge in [0.15, 0.2) is 0 Å². The van der Waals surface area contributed by atoms with Gasteiger partial charge in [0, 0.05) is 18.4 Å². The second kappa shape index (κ2) is 6.18. The Labute approximate surface area is 84.1 Å². The number of H-pyrrole nitrogens is 1. The molecule has 4 nitrogen and oxygen atoms in total. The highest BCUT2D eigenvalue weighted by atomic mass is 16.1. The number of rotatable bonds is 6.